The lowest BCUT2D eigenvalue weighted by atomic mass is 9.85. The van der Waals surface area contributed by atoms with Gasteiger partial charge in [-0.3, -0.25) is 4.79 Å². The minimum atomic E-state index is -0.320. The van der Waals surface area contributed by atoms with Crippen LogP contribution in [-0.4, -0.2) is 11.3 Å². The van der Waals surface area contributed by atoms with Gasteiger partial charge in [0, 0.05) is 10.8 Å². The molecule has 17 heavy (non-hydrogen) atoms. The number of aldehydes is 1. The minimum Gasteiger partial charge on any atom is -0.296 e. The van der Waals surface area contributed by atoms with Crippen LogP contribution < -0.4 is 0 Å². The zero-order valence-corrected chi connectivity index (χ0v) is 10.4. The van der Waals surface area contributed by atoms with E-state index in [0.717, 1.165) is 16.9 Å². The summed E-state index contributed by atoms with van der Waals surface area (Å²) in [5.74, 6) is -0.253. The average Bonchev–Trinajstić information content (AvgIpc) is 2.78. The van der Waals surface area contributed by atoms with Crippen molar-refractivity contribution in [2.45, 2.75) is 19.3 Å². The highest BCUT2D eigenvalue weighted by Crippen LogP contribution is 2.33. The summed E-state index contributed by atoms with van der Waals surface area (Å²) in [5, 5.41) is 2.58. The molecule has 0 unspecified atom stereocenters. The van der Waals surface area contributed by atoms with Gasteiger partial charge in [-0.2, -0.15) is 0 Å². The Balaban J connectivity index is 2.41. The number of rotatable bonds is 3. The molecule has 0 atom stereocenters. The standard InChI is InChI=1S/C13H12FNOS/c1-13(2,9-3-5-10(14)6-4-9)12-15-11(7-16)8-17-12/h3-8H,1-2H3. The van der Waals surface area contributed by atoms with E-state index in [1.165, 1.54) is 23.5 Å². The van der Waals surface area contributed by atoms with Crippen LogP contribution in [0, 0.1) is 5.82 Å². The lowest BCUT2D eigenvalue weighted by Gasteiger charge is -2.22. The molecule has 1 aromatic heterocycles. The number of hydrogen-bond donors (Lipinski definition) is 0. The van der Waals surface area contributed by atoms with E-state index < -0.39 is 0 Å². The fraction of sp³-hybridized carbons (Fsp3) is 0.231. The Kier molecular flexibility index (Phi) is 3.07. The fourth-order valence-corrected chi connectivity index (χ4v) is 2.53. The Morgan fingerprint density at radius 1 is 1.29 bits per heavy atom. The van der Waals surface area contributed by atoms with Gasteiger partial charge in [-0.1, -0.05) is 12.1 Å². The van der Waals surface area contributed by atoms with Gasteiger partial charge in [0.2, 0.25) is 0 Å². The highest BCUT2D eigenvalue weighted by atomic mass is 32.1. The van der Waals surface area contributed by atoms with Crippen molar-refractivity contribution in [3.63, 3.8) is 0 Å². The molecular formula is C13H12FNOS. The van der Waals surface area contributed by atoms with Crippen molar-refractivity contribution < 1.29 is 9.18 Å². The van der Waals surface area contributed by atoms with Crippen LogP contribution in [0.5, 0.6) is 0 Å². The molecule has 0 aliphatic carbocycles. The van der Waals surface area contributed by atoms with Gasteiger partial charge in [0.25, 0.3) is 0 Å². The molecule has 0 bridgehead atoms. The number of carbonyl (C=O) groups is 1. The summed E-state index contributed by atoms with van der Waals surface area (Å²) < 4.78 is 12.9. The molecule has 0 amide bonds. The van der Waals surface area contributed by atoms with Crippen LogP contribution >= 0.6 is 11.3 Å². The van der Waals surface area contributed by atoms with Gasteiger partial charge in [0.15, 0.2) is 6.29 Å². The second kappa shape index (κ2) is 4.37. The Labute approximate surface area is 103 Å². The van der Waals surface area contributed by atoms with Crippen molar-refractivity contribution >= 4 is 17.6 Å². The monoisotopic (exact) mass is 249 g/mol. The molecule has 1 heterocycles. The Hall–Kier alpha value is -1.55. The predicted octanol–water partition coefficient (Wildman–Crippen LogP) is 3.42. The molecule has 0 aliphatic rings. The summed E-state index contributed by atoms with van der Waals surface area (Å²) in [4.78, 5) is 14.9. The largest absolute Gasteiger partial charge is 0.296 e. The van der Waals surface area contributed by atoms with Crippen LogP contribution in [0.25, 0.3) is 0 Å². The third-order valence-electron chi connectivity index (χ3n) is 2.74. The van der Waals surface area contributed by atoms with E-state index in [0.29, 0.717) is 5.69 Å². The lowest BCUT2D eigenvalue weighted by molar-refractivity contribution is 0.111. The van der Waals surface area contributed by atoms with Crippen molar-refractivity contribution in [1.82, 2.24) is 4.98 Å². The first kappa shape index (κ1) is 11.9. The number of halogens is 1. The summed E-state index contributed by atoms with van der Waals surface area (Å²) in [6.07, 6.45) is 0.737. The second-order valence-electron chi connectivity index (χ2n) is 4.33. The summed E-state index contributed by atoms with van der Waals surface area (Å²) in [6.45, 7) is 4.02. The quantitative estimate of drug-likeness (QED) is 0.780. The molecule has 2 rings (SSSR count). The second-order valence-corrected chi connectivity index (χ2v) is 5.19. The SMILES string of the molecule is CC(C)(c1ccc(F)cc1)c1nc(C=O)cs1. The van der Waals surface area contributed by atoms with Crippen molar-refractivity contribution in [3.05, 3.63) is 51.7 Å². The van der Waals surface area contributed by atoms with Gasteiger partial charge in [0.05, 0.1) is 0 Å². The minimum absolute atomic E-state index is 0.253. The molecule has 0 radical (unpaired) electrons. The molecule has 4 heteroatoms. The topological polar surface area (TPSA) is 30.0 Å². The molecule has 0 N–H and O–H groups in total. The molecule has 2 aromatic rings. The van der Waals surface area contributed by atoms with Crippen molar-refractivity contribution in [2.24, 2.45) is 0 Å². The number of carbonyl (C=O) groups excluding carboxylic acids is 1. The lowest BCUT2D eigenvalue weighted by Crippen LogP contribution is -2.18. The Morgan fingerprint density at radius 3 is 2.47 bits per heavy atom. The summed E-state index contributed by atoms with van der Waals surface area (Å²) in [7, 11) is 0. The smallest absolute Gasteiger partial charge is 0.169 e. The molecule has 88 valence electrons. The van der Waals surface area contributed by atoms with Crippen LogP contribution in [-0.2, 0) is 5.41 Å². The predicted molar refractivity (Wildman–Crippen MR) is 66.0 cm³/mol. The van der Waals surface area contributed by atoms with Crippen molar-refractivity contribution in [1.29, 1.82) is 0 Å². The van der Waals surface area contributed by atoms with Crippen molar-refractivity contribution in [3.8, 4) is 0 Å². The van der Waals surface area contributed by atoms with Gasteiger partial charge in [-0.15, -0.1) is 11.3 Å². The average molecular weight is 249 g/mol. The first-order valence-corrected chi connectivity index (χ1v) is 6.09. The molecule has 0 spiro atoms. The summed E-state index contributed by atoms with van der Waals surface area (Å²) in [6, 6.07) is 6.37. The van der Waals surface area contributed by atoms with Gasteiger partial charge in [-0.25, -0.2) is 9.37 Å². The number of thiazole rings is 1. The van der Waals surface area contributed by atoms with Crippen molar-refractivity contribution in [2.75, 3.05) is 0 Å². The molecular weight excluding hydrogens is 237 g/mol. The maximum Gasteiger partial charge on any atom is 0.169 e. The van der Waals surface area contributed by atoms with Crippen LogP contribution in [0.1, 0.15) is 34.9 Å². The van der Waals surface area contributed by atoms with E-state index in [4.69, 9.17) is 0 Å². The van der Waals surface area contributed by atoms with Gasteiger partial charge < -0.3 is 0 Å². The van der Waals surface area contributed by atoms with Crippen LogP contribution in [0.4, 0.5) is 4.39 Å². The van der Waals surface area contributed by atoms with Gasteiger partial charge >= 0.3 is 0 Å². The van der Waals surface area contributed by atoms with E-state index in [1.807, 2.05) is 13.8 Å². The van der Waals surface area contributed by atoms with Crippen LogP contribution in [0.3, 0.4) is 0 Å². The van der Waals surface area contributed by atoms with Crippen LogP contribution in [0.15, 0.2) is 29.6 Å². The van der Waals surface area contributed by atoms with Gasteiger partial charge in [0.1, 0.15) is 16.5 Å². The first-order valence-electron chi connectivity index (χ1n) is 5.21. The molecule has 1 aromatic carbocycles. The summed E-state index contributed by atoms with van der Waals surface area (Å²) in [5.41, 5.74) is 1.10. The zero-order valence-electron chi connectivity index (χ0n) is 9.61. The van der Waals surface area contributed by atoms with E-state index in [-0.39, 0.29) is 11.2 Å². The number of benzene rings is 1. The molecule has 0 fully saturated rings. The highest BCUT2D eigenvalue weighted by Gasteiger charge is 2.26. The van der Waals surface area contributed by atoms with E-state index in [2.05, 4.69) is 4.98 Å². The van der Waals surface area contributed by atoms with E-state index in [9.17, 15) is 9.18 Å². The highest BCUT2D eigenvalue weighted by molar-refractivity contribution is 7.10. The molecule has 2 nitrogen and oxygen atoms in total. The zero-order chi connectivity index (χ0) is 12.5. The van der Waals surface area contributed by atoms with E-state index in [1.54, 1.807) is 17.5 Å². The first-order chi connectivity index (χ1) is 8.04. The third-order valence-corrected chi connectivity index (χ3v) is 3.93. The van der Waals surface area contributed by atoms with E-state index >= 15 is 0 Å². The molecule has 0 aliphatic heterocycles. The normalized spacial score (nSPS) is 11.5. The Morgan fingerprint density at radius 2 is 1.94 bits per heavy atom. The maximum absolute atomic E-state index is 12.9. The number of hydrogen-bond acceptors (Lipinski definition) is 3. The number of aromatic nitrogens is 1. The van der Waals surface area contributed by atoms with Crippen LogP contribution in [0.2, 0.25) is 0 Å². The Bertz CT molecular complexity index is 531. The maximum atomic E-state index is 12.9. The fourth-order valence-electron chi connectivity index (χ4n) is 1.62. The molecule has 0 saturated carbocycles. The van der Waals surface area contributed by atoms with Gasteiger partial charge in [-0.05, 0) is 31.5 Å². The third kappa shape index (κ3) is 2.26. The number of nitrogens with zero attached hydrogens (tertiary/aromatic N) is 1. The molecule has 0 saturated heterocycles. The summed E-state index contributed by atoms with van der Waals surface area (Å²) >= 11 is 1.44.